The zero-order valence-electron chi connectivity index (χ0n) is 11.4. The second-order valence-electron chi connectivity index (χ2n) is 5.90. The van der Waals surface area contributed by atoms with Crippen molar-refractivity contribution in [1.29, 1.82) is 0 Å². The van der Waals surface area contributed by atoms with Gasteiger partial charge in [-0.3, -0.25) is 4.79 Å². The van der Waals surface area contributed by atoms with Crippen LogP contribution in [-0.4, -0.2) is 29.3 Å². The van der Waals surface area contributed by atoms with E-state index in [2.05, 4.69) is 4.90 Å². The first-order valence-corrected chi connectivity index (χ1v) is 8.20. The number of nitrogens with zero attached hydrogens (tertiary/aromatic N) is 1. The van der Waals surface area contributed by atoms with Crippen molar-refractivity contribution in [3.05, 3.63) is 0 Å². The molecule has 0 radical (unpaired) electrons. The molecule has 0 aromatic rings. The van der Waals surface area contributed by atoms with Gasteiger partial charge in [0.05, 0.1) is 0 Å². The lowest BCUT2D eigenvalue weighted by atomic mass is 9.86. The summed E-state index contributed by atoms with van der Waals surface area (Å²) >= 11 is 5.81. The van der Waals surface area contributed by atoms with Crippen molar-refractivity contribution in [1.82, 2.24) is 4.90 Å². The molecule has 18 heavy (non-hydrogen) atoms. The molecule has 1 aliphatic heterocycles. The molecule has 1 saturated heterocycles. The van der Waals surface area contributed by atoms with Crippen molar-refractivity contribution in [3.63, 3.8) is 0 Å². The van der Waals surface area contributed by atoms with Gasteiger partial charge >= 0.3 is 0 Å². The predicted octanol–water partition coefficient (Wildman–Crippen LogP) is 3.97. The fourth-order valence-electron chi connectivity index (χ4n) is 3.54. The molecule has 3 heteroatoms. The summed E-state index contributed by atoms with van der Waals surface area (Å²) in [5, 5.41) is 0. The van der Waals surface area contributed by atoms with Gasteiger partial charge in [0.1, 0.15) is 0 Å². The summed E-state index contributed by atoms with van der Waals surface area (Å²) in [6.45, 7) is 0.963. The van der Waals surface area contributed by atoms with Crippen LogP contribution in [0.2, 0.25) is 0 Å². The molecule has 0 aromatic carbocycles. The number of hydrogen-bond acceptors (Lipinski definition) is 1. The van der Waals surface area contributed by atoms with Gasteiger partial charge in [0, 0.05) is 24.9 Å². The monoisotopic (exact) mass is 271 g/mol. The smallest absolute Gasteiger partial charge is 0.222 e. The lowest BCUT2D eigenvalue weighted by molar-refractivity contribution is -0.132. The van der Waals surface area contributed by atoms with Crippen molar-refractivity contribution in [2.45, 2.75) is 70.3 Å². The number of likely N-dealkylation sites (tertiary alicyclic amines) is 1. The second kappa shape index (κ2) is 7.37. The van der Waals surface area contributed by atoms with E-state index in [1.165, 1.54) is 32.1 Å². The van der Waals surface area contributed by atoms with Crippen LogP contribution in [0.25, 0.3) is 0 Å². The summed E-state index contributed by atoms with van der Waals surface area (Å²) in [6.07, 6.45) is 12.0. The number of alkyl halides is 1. The highest BCUT2D eigenvalue weighted by molar-refractivity contribution is 6.17. The molecular formula is C15H26ClNO. The van der Waals surface area contributed by atoms with E-state index in [1.807, 2.05) is 0 Å². The second-order valence-corrected chi connectivity index (χ2v) is 6.28. The SMILES string of the molecule is O=C(CCC1CCCCC1)N1CCCC1CCCl. The average molecular weight is 272 g/mol. The van der Waals surface area contributed by atoms with E-state index in [-0.39, 0.29) is 0 Å². The molecule has 104 valence electrons. The Balaban J connectivity index is 1.73. The van der Waals surface area contributed by atoms with Crippen LogP contribution in [0, 0.1) is 5.92 Å². The third-order valence-electron chi connectivity index (χ3n) is 4.63. The average Bonchev–Trinajstić information content (AvgIpc) is 2.86. The van der Waals surface area contributed by atoms with Crippen LogP contribution in [0.15, 0.2) is 0 Å². The Morgan fingerprint density at radius 3 is 2.56 bits per heavy atom. The van der Waals surface area contributed by atoms with Gasteiger partial charge in [-0.05, 0) is 31.6 Å². The van der Waals surface area contributed by atoms with Crippen LogP contribution >= 0.6 is 11.6 Å². The Morgan fingerprint density at radius 2 is 1.83 bits per heavy atom. The first kappa shape index (κ1) is 14.2. The summed E-state index contributed by atoms with van der Waals surface area (Å²) in [6, 6.07) is 0.432. The van der Waals surface area contributed by atoms with Crippen LogP contribution in [0.5, 0.6) is 0 Å². The molecular weight excluding hydrogens is 246 g/mol. The van der Waals surface area contributed by atoms with Crippen molar-refractivity contribution in [2.75, 3.05) is 12.4 Å². The Kier molecular flexibility index (Phi) is 5.81. The normalized spacial score (nSPS) is 25.6. The molecule has 1 aliphatic carbocycles. The summed E-state index contributed by atoms with van der Waals surface area (Å²) in [5.41, 5.74) is 0. The van der Waals surface area contributed by atoms with Crippen molar-refractivity contribution in [2.24, 2.45) is 5.92 Å². The Hall–Kier alpha value is -0.240. The molecule has 1 atom stereocenters. The summed E-state index contributed by atoms with van der Waals surface area (Å²) in [4.78, 5) is 14.4. The van der Waals surface area contributed by atoms with Crippen molar-refractivity contribution in [3.8, 4) is 0 Å². The summed E-state index contributed by atoms with van der Waals surface area (Å²) in [5.74, 6) is 1.88. The molecule has 2 nitrogen and oxygen atoms in total. The Morgan fingerprint density at radius 1 is 1.06 bits per heavy atom. The van der Waals surface area contributed by atoms with Crippen LogP contribution in [0.3, 0.4) is 0 Å². The van der Waals surface area contributed by atoms with E-state index in [4.69, 9.17) is 11.6 Å². The van der Waals surface area contributed by atoms with Crippen molar-refractivity contribution < 1.29 is 4.79 Å². The Labute approximate surface area is 116 Å². The topological polar surface area (TPSA) is 20.3 Å². The molecule has 1 heterocycles. The molecule has 2 fully saturated rings. The van der Waals surface area contributed by atoms with Crippen molar-refractivity contribution >= 4 is 17.5 Å². The number of hydrogen-bond donors (Lipinski definition) is 0. The maximum absolute atomic E-state index is 12.3. The number of rotatable bonds is 5. The zero-order valence-corrected chi connectivity index (χ0v) is 12.1. The molecule has 1 amide bonds. The molecule has 0 aromatic heterocycles. The van der Waals surface area contributed by atoms with Gasteiger partial charge in [-0.2, -0.15) is 0 Å². The first-order valence-electron chi connectivity index (χ1n) is 7.66. The van der Waals surface area contributed by atoms with Gasteiger partial charge in [-0.25, -0.2) is 0 Å². The van der Waals surface area contributed by atoms with E-state index >= 15 is 0 Å². The quantitative estimate of drug-likeness (QED) is 0.693. The fraction of sp³-hybridized carbons (Fsp3) is 0.933. The maximum Gasteiger partial charge on any atom is 0.222 e. The lowest BCUT2D eigenvalue weighted by Gasteiger charge is -2.26. The third kappa shape index (κ3) is 3.88. The molecule has 2 rings (SSSR count). The van der Waals surface area contributed by atoms with Gasteiger partial charge in [0.25, 0.3) is 0 Å². The highest BCUT2D eigenvalue weighted by atomic mass is 35.5. The van der Waals surface area contributed by atoms with Gasteiger partial charge in [0.2, 0.25) is 5.91 Å². The van der Waals surface area contributed by atoms with E-state index in [9.17, 15) is 4.79 Å². The van der Waals surface area contributed by atoms with E-state index in [0.29, 0.717) is 17.8 Å². The van der Waals surface area contributed by atoms with E-state index in [0.717, 1.165) is 44.6 Å². The summed E-state index contributed by atoms with van der Waals surface area (Å²) in [7, 11) is 0. The van der Waals surface area contributed by atoms with Crippen LogP contribution in [0.1, 0.15) is 64.2 Å². The molecule has 1 unspecified atom stereocenters. The minimum Gasteiger partial charge on any atom is -0.340 e. The van der Waals surface area contributed by atoms with Gasteiger partial charge < -0.3 is 4.90 Å². The highest BCUT2D eigenvalue weighted by Crippen LogP contribution is 2.28. The number of carbonyl (C=O) groups excluding carboxylic acids is 1. The maximum atomic E-state index is 12.3. The number of amides is 1. The molecule has 2 aliphatic rings. The number of carbonyl (C=O) groups is 1. The van der Waals surface area contributed by atoms with Crippen LogP contribution in [-0.2, 0) is 4.79 Å². The van der Waals surface area contributed by atoms with Gasteiger partial charge in [-0.1, -0.05) is 32.1 Å². The molecule has 0 N–H and O–H groups in total. The van der Waals surface area contributed by atoms with E-state index in [1.54, 1.807) is 0 Å². The van der Waals surface area contributed by atoms with Gasteiger partial charge in [0.15, 0.2) is 0 Å². The minimum atomic E-state index is 0.383. The van der Waals surface area contributed by atoms with Crippen LogP contribution in [0.4, 0.5) is 0 Å². The largest absolute Gasteiger partial charge is 0.340 e. The predicted molar refractivity (Wildman–Crippen MR) is 75.9 cm³/mol. The highest BCUT2D eigenvalue weighted by Gasteiger charge is 2.28. The summed E-state index contributed by atoms with van der Waals surface area (Å²) < 4.78 is 0. The fourth-order valence-corrected chi connectivity index (χ4v) is 3.79. The minimum absolute atomic E-state index is 0.383. The first-order chi connectivity index (χ1) is 8.81. The standard InChI is InChI=1S/C15H26ClNO/c16-11-10-14-7-4-12-17(14)15(18)9-8-13-5-2-1-3-6-13/h13-14H,1-12H2. The van der Waals surface area contributed by atoms with Gasteiger partial charge in [-0.15, -0.1) is 11.6 Å². The Bertz CT molecular complexity index is 263. The number of halogens is 1. The van der Waals surface area contributed by atoms with Crippen LogP contribution < -0.4 is 0 Å². The zero-order chi connectivity index (χ0) is 12.8. The molecule has 0 bridgehead atoms. The molecule has 1 saturated carbocycles. The lowest BCUT2D eigenvalue weighted by Crippen LogP contribution is -2.35. The van der Waals surface area contributed by atoms with E-state index < -0.39 is 0 Å². The molecule has 0 spiro atoms. The third-order valence-corrected chi connectivity index (χ3v) is 4.85.